The lowest BCUT2D eigenvalue weighted by atomic mass is 10.3. The van der Waals surface area contributed by atoms with E-state index in [1.54, 1.807) is 10.1 Å². The van der Waals surface area contributed by atoms with Crippen LogP contribution < -0.4 is 10.5 Å². The summed E-state index contributed by atoms with van der Waals surface area (Å²) in [6, 6.07) is 0. The minimum atomic E-state index is -4.63. The first kappa shape index (κ1) is 13.6. The van der Waals surface area contributed by atoms with E-state index in [0.29, 0.717) is 4.96 Å². The van der Waals surface area contributed by atoms with Gasteiger partial charge in [-0.05, 0) is 12.8 Å². The van der Waals surface area contributed by atoms with Crippen LogP contribution in [0.2, 0.25) is 0 Å². The topological polar surface area (TPSA) is 89.5 Å². The van der Waals surface area contributed by atoms with Crippen LogP contribution in [-0.4, -0.2) is 29.5 Å². The molecule has 1 saturated carbocycles. The molecule has 0 radical (unpaired) electrons. The van der Waals surface area contributed by atoms with Crippen molar-refractivity contribution in [2.45, 2.75) is 29.6 Å². The largest absolute Gasteiger partial charge is 0.407 e. The van der Waals surface area contributed by atoms with Crippen LogP contribution in [0.25, 0.3) is 4.96 Å². The maximum Gasteiger partial charge on any atom is 0.407 e. The van der Waals surface area contributed by atoms with E-state index >= 15 is 0 Å². The Morgan fingerprint density at radius 2 is 2.10 bits per heavy atom. The summed E-state index contributed by atoms with van der Waals surface area (Å²) in [7, 11) is -4.41. The second-order valence-corrected chi connectivity index (χ2v) is 7.01. The summed E-state index contributed by atoms with van der Waals surface area (Å²) in [6.45, 7) is 0. The Bertz CT molecular complexity index is 773. The Labute approximate surface area is 115 Å². The van der Waals surface area contributed by atoms with Gasteiger partial charge in [0.15, 0.2) is 15.8 Å². The fraction of sp³-hybridized carbons (Fsp3) is 0.444. The van der Waals surface area contributed by atoms with Crippen LogP contribution in [0.3, 0.4) is 0 Å². The summed E-state index contributed by atoms with van der Waals surface area (Å²) in [5.41, 5.74) is 3.13. The number of hydrogen-bond donors (Lipinski definition) is 2. The zero-order chi connectivity index (χ0) is 14.8. The number of imidazole rings is 1. The second-order valence-electron chi connectivity index (χ2n) is 4.54. The highest BCUT2D eigenvalue weighted by Crippen LogP contribution is 2.49. The Kier molecular flexibility index (Phi) is 2.63. The van der Waals surface area contributed by atoms with Gasteiger partial charge in [-0.15, -0.1) is 11.3 Å². The van der Waals surface area contributed by atoms with E-state index in [1.807, 2.05) is 0 Å². The van der Waals surface area contributed by atoms with Gasteiger partial charge in [0.1, 0.15) is 5.54 Å². The van der Waals surface area contributed by atoms with Crippen LogP contribution >= 0.6 is 11.3 Å². The molecule has 0 atom stereocenters. The van der Waals surface area contributed by atoms with Crippen molar-refractivity contribution in [2.24, 2.45) is 0 Å². The zero-order valence-electron chi connectivity index (χ0n) is 9.81. The van der Waals surface area contributed by atoms with Gasteiger partial charge in [-0.1, -0.05) is 0 Å². The van der Waals surface area contributed by atoms with Crippen molar-refractivity contribution < 1.29 is 21.6 Å². The van der Waals surface area contributed by atoms with Crippen molar-refractivity contribution in [3.63, 3.8) is 0 Å². The monoisotopic (exact) mass is 326 g/mol. The molecule has 0 saturated heterocycles. The Morgan fingerprint density at radius 3 is 2.65 bits per heavy atom. The van der Waals surface area contributed by atoms with E-state index in [-0.39, 0.29) is 18.7 Å². The molecule has 2 aromatic rings. The van der Waals surface area contributed by atoms with E-state index < -0.39 is 26.8 Å². The molecule has 0 amide bonds. The van der Waals surface area contributed by atoms with Gasteiger partial charge in [-0.25, -0.2) is 13.4 Å². The van der Waals surface area contributed by atoms with E-state index in [9.17, 15) is 21.6 Å². The molecule has 2 aromatic heterocycles. The number of thiazole rings is 1. The van der Waals surface area contributed by atoms with Gasteiger partial charge in [-0.2, -0.15) is 17.9 Å². The van der Waals surface area contributed by atoms with Crippen LogP contribution in [0, 0.1) is 0 Å². The zero-order valence-corrected chi connectivity index (χ0v) is 11.4. The van der Waals surface area contributed by atoms with Crippen LogP contribution in [-0.2, 0) is 10.0 Å². The number of rotatable bonds is 3. The normalized spacial score (nSPS) is 18.6. The summed E-state index contributed by atoms with van der Waals surface area (Å²) in [5, 5.41) is 1.11. The summed E-state index contributed by atoms with van der Waals surface area (Å²) in [5.74, 6) is -0.317. The first-order valence-corrected chi connectivity index (χ1v) is 7.84. The minimum absolute atomic E-state index is 0.277. The van der Waals surface area contributed by atoms with Gasteiger partial charge in [0.2, 0.25) is 0 Å². The Balaban J connectivity index is 2.05. The molecule has 1 aliphatic carbocycles. The molecular formula is C9H9F3N4O2S2. The first-order valence-electron chi connectivity index (χ1n) is 5.48. The van der Waals surface area contributed by atoms with Gasteiger partial charge in [0.25, 0.3) is 10.0 Å². The number of nitrogens with zero attached hydrogens (tertiary/aromatic N) is 2. The molecule has 1 fully saturated rings. The number of sulfonamides is 1. The molecule has 3 N–H and O–H groups in total. The maximum absolute atomic E-state index is 12.8. The lowest BCUT2D eigenvalue weighted by Gasteiger charge is -2.20. The highest BCUT2D eigenvalue weighted by Gasteiger charge is 2.65. The molecule has 110 valence electrons. The molecule has 3 rings (SSSR count). The van der Waals surface area contributed by atoms with E-state index in [0.717, 1.165) is 15.7 Å². The van der Waals surface area contributed by atoms with Crippen molar-refractivity contribution in [3.8, 4) is 0 Å². The number of halogens is 3. The van der Waals surface area contributed by atoms with Crippen molar-refractivity contribution >= 4 is 32.1 Å². The third-order valence-electron chi connectivity index (χ3n) is 3.12. The van der Waals surface area contributed by atoms with E-state index in [2.05, 4.69) is 4.98 Å². The van der Waals surface area contributed by atoms with E-state index in [1.165, 1.54) is 6.20 Å². The maximum atomic E-state index is 12.8. The Morgan fingerprint density at radius 1 is 1.45 bits per heavy atom. The number of fused-ring (bicyclic) bond motifs is 1. The predicted octanol–water partition coefficient (Wildman–Crippen LogP) is 1.35. The van der Waals surface area contributed by atoms with E-state index in [4.69, 9.17) is 5.73 Å². The molecule has 1 aliphatic rings. The number of anilines is 1. The number of alkyl halides is 3. The molecule has 0 unspecified atom stereocenters. The molecule has 0 spiro atoms. The second kappa shape index (κ2) is 3.86. The standard InChI is InChI=1S/C9H9F3N4O2S2/c10-9(11,12)8(1-2-8)15-20(17,18)6-5(13)14-7-16(6)3-4-19-7/h3-4,15H,1-2,13H2. The highest BCUT2D eigenvalue weighted by molar-refractivity contribution is 7.89. The molecule has 20 heavy (non-hydrogen) atoms. The lowest BCUT2D eigenvalue weighted by Crippen LogP contribution is -2.48. The lowest BCUT2D eigenvalue weighted by molar-refractivity contribution is -0.160. The molecular weight excluding hydrogens is 317 g/mol. The molecule has 11 heteroatoms. The summed E-state index contributed by atoms with van der Waals surface area (Å²) < 4.78 is 65.8. The summed E-state index contributed by atoms with van der Waals surface area (Å²) >= 11 is 1.13. The van der Waals surface area contributed by atoms with Gasteiger partial charge in [0, 0.05) is 11.6 Å². The van der Waals surface area contributed by atoms with Crippen LogP contribution in [0.4, 0.5) is 19.0 Å². The average molecular weight is 326 g/mol. The quantitative estimate of drug-likeness (QED) is 0.891. The molecule has 6 nitrogen and oxygen atoms in total. The molecule has 0 bridgehead atoms. The minimum Gasteiger partial charge on any atom is -0.381 e. The number of nitrogen functional groups attached to an aromatic ring is 1. The number of aromatic nitrogens is 2. The number of nitrogens with two attached hydrogens (primary N) is 1. The van der Waals surface area contributed by atoms with Gasteiger partial charge >= 0.3 is 6.18 Å². The third-order valence-corrected chi connectivity index (χ3v) is 5.45. The summed E-state index contributed by atoms with van der Waals surface area (Å²) in [6.07, 6.45) is -3.79. The molecule has 2 heterocycles. The molecule has 0 aromatic carbocycles. The van der Waals surface area contributed by atoms with Crippen molar-refractivity contribution in [2.75, 3.05) is 5.73 Å². The van der Waals surface area contributed by atoms with Gasteiger partial charge in [0.05, 0.1) is 0 Å². The Hall–Kier alpha value is -1.33. The predicted molar refractivity (Wildman–Crippen MR) is 65.8 cm³/mol. The van der Waals surface area contributed by atoms with Crippen molar-refractivity contribution in [1.82, 2.24) is 14.1 Å². The van der Waals surface area contributed by atoms with Crippen LogP contribution in [0.5, 0.6) is 0 Å². The third kappa shape index (κ3) is 1.88. The smallest absolute Gasteiger partial charge is 0.381 e. The van der Waals surface area contributed by atoms with Gasteiger partial charge < -0.3 is 5.73 Å². The van der Waals surface area contributed by atoms with Crippen molar-refractivity contribution in [1.29, 1.82) is 0 Å². The fourth-order valence-corrected chi connectivity index (χ4v) is 4.36. The molecule has 0 aliphatic heterocycles. The number of nitrogens with one attached hydrogen (secondary N) is 1. The fourth-order valence-electron chi connectivity index (χ4n) is 1.92. The average Bonchev–Trinajstić information content (AvgIpc) is 2.79. The van der Waals surface area contributed by atoms with Gasteiger partial charge in [-0.3, -0.25) is 4.40 Å². The van der Waals surface area contributed by atoms with Crippen molar-refractivity contribution in [3.05, 3.63) is 11.6 Å². The van der Waals surface area contributed by atoms with Crippen LogP contribution in [0.15, 0.2) is 16.6 Å². The first-order chi connectivity index (χ1) is 9.16. The highest BCUT2D eigenvalue weighted by atomic mass is 32.2. The number of hydrogen-bond acceptors (Lipinski definition) is 5. The van der Waals surface area contributed by atoms with Crippen LogP contribution in [0.1, 0.15) is 12.8 Å². The summed E-state index contributed by atoms with van der Waals surface area (Å²) in [4.78, 5) is 4.12. The SMILES string of the molecule is Nc1nc2sccn2c1S(=O)(=O)NC1(C(F)(F)F)CC1.